The maximum atomic E-state index is 12.4. The summed E-state index contributed by atoms with van der Waals surface area (Å²) in [5.41, 5.74) is 0.841. The fraction of sp³-hybridized carbons (Fsp3) is 0.471. The normalized spacial score (nSPS) is 20.4. The number of H-pyrrole nitrogens is 1. The minimum Gasteiger partial charge on any atom is -0.396 e. The summed E-state index contributed by atoms with van der Waals surface area (Å²) in [6.07, 6.45) is 3.70. The monoisotopic (exact) mass is 380 g/mol. The zero-order valence-electron chi connectivity index (χ0n) is 13.7. The number of carbonyl (C=O) groups is 1. The van der Waals surface area contributed by atoms with Crippen LogP contribution in [0.25, 0.3) is 11.4 Å². The number of hydrogen-bond donors (Lipinski definition) is 3. The molecule has 1 aliphatic rings. The molecule has 1 aromatic carbocycles. The van der Waals surface area contributed by atoms with Gasteiger partial charge in [-0.25, -0.2) is 0 Å². The van der Waals surface area contributed by atoms with Crippen molar-refractivity contribution < 1.29 is 9.90 Å². The van der Waals surface area contributed by atoms with Gasteiger partial charge in [0, 0.05) is 23.2 Å². The summed E-state index contributed by atoms with van der Waals surface area (Å²) in [6, 6.07) is 7.41. The van der Waals surface area contributed by atoms with Crippen LogP contribution >= 0.6 is 23.8 Å². The molecule has 1 aliphatic carbocycles. The third kappa shape index (κ3) is 4.48. The Kier molecular flexibility index (Phi) is 5.88. The zero-order valence-corrected chi connectivity index (χ0v) is 15.3. The summed E-state index contributed by atoms with van der Waals surface area (Å²) in [5.74, 6) is 0.896. The van der Waals surface area contributed by atoms with Crippen LogP contribution in [0.2, 0.25) is 5.02 Å². The minimum atomic E-state index is -0.0832. The van der Waals surface area contributed by atoms with Crippen molar-refractivity contribution in [2.24, 2.45) is 5.92 Å². The highest BCUT2D eigenvalue weighted by Crippen LogP contribution is 2.24. The largest absolute Gasteiger partial charge is 0.396 e. The molecule has 1 aromatic heterocycles. The van der Waals surface area contributed by atoms with E-state index >= 15 is 0 Å². The maximum Gasteiger partial charge on any atom is 0.240 e. The second kappa shape index (κ2) is 8.12. The molecule has 3 N–H and O–H groups in total. The summed E-state index contributed by atoms with van der Waals surface area (Å²) < 4.78 is 2.09. The molecule has 134 valence electrons. The Labute approximate surface area is 156 Å². The van der Waals surface area contributed by atoms with Gasteiger partial charge < -0.3 is 10.4 Å². The third-order valence-corrected chi connectivity index (χ3v) is 5.20. The van der Waals surface area contributed by atoms with Gasteiger partial charge in [-0.1, -0.05) is 11.6 Å². The van der Waals surface area contributed by atoms with Gasteiger partial charge in [-0.2, -0.15) is 5.10 Å². The molecule has 1 saturated carbocycles. The van der Waals surface area contributed by atoms with Crippen molar-refractivity contribution in [3.8, 4) is 11.4 Å². The fourth-order valence-corrected chi connectivity index (χ4v) is 3.51. The lowest BCUT2D eigenvalue weighted by molar-refractivity contribution is -0.122. The molecule has 0 saturated heterocycles. The topological polar surface area (TPSA) is 82.9 Å². The van der Waals surface area contributed by atoms with Crippen LogP contribution in [0.4, 0.5) is 0 Å². The van der Waals surface area contributed by atoms with E-state index in [0.29, 0.717) is 21.5 Å². The molecule has 1 amide bonds. The van der Waals surface area contributed by atoms with E-state index in [9.17, 15) is 9.90 Å². The molecule has 1 heterocycles. The van der Waals surface area contributed by atoms with E-state index in [1.54, 1.807) is 16.7 Å². The molecule has 0 atom stereocenters. The molecule has 25 heavy (non-hydrogen) atoms. The summed E-state index contributed by atoms with van der Waals surface area (Å²) in [7, 11) is 0. The number of nitrogens with one attached hydrogen (secondary N) is 2. The van der Waals surface area contributed by atoms with Gasteiger partial charge in [-0.15, -0.1) is 0 Å². The number of hydrogen-bond acceptors (Lipinski definition) is 4. The Morgan fingerprint density at radius 3 is 2.64 bits per heavy atom. The van der Waals surface area contributed by atoms with Crippen molar-refractivity contribution in [1.82, 2.24) is 20.1 Å². The van der Waals surface area contributed by atoms with Gasteiger partial charge >= 0.3 is 0 Å². The molecule has 8 heteroatoms. The van der Waals surface area contributed by atoms with Crippen LogP contribution in [0.5, 0.6) is 0 Å². The van der Waals surface area contributed by atoms with Crippen molar-refractivity contribution in [2.45, 2.75) is 38.3 Å². The second-order valence-corrected chi connectivity index (χ2v) is 7.24. The van der Waals surface area contributed by atoms with Gasteiger partial charge in [0.1, 0.15) is 6.54 Å². The number of nitrogens with zero attached hydrogens (tertiary/aromatic N) is 2. The van der Waals surface area contributed by atoms with Gasteiger partial charge in [0.05, 0.1) is 0 Å². The van der Waals surface area contributed by atoms with Crippen LogP contribution in [-0.2, 0) is 11.3 Å². The Morgan fingerprint density at radius 2 is 2.00 bits per heavy atom. The molecule has 0 unspecified atom stereocenters. The first-order valence-electron chi connectivity index (χ1n) is 8.38. The van der Waals surface area contributed by atoms with Crippen LogP contribution in [0.15, 0.2) is 24.3 Å². The van der Waals surface area contributed by atoms with E-state index in [1.807, 2.05) is 12.1 Å². The molecular weight excluding hydrogens is 360 g/mol. The van der Waals surface area contributed by atoms with Gasteiger partial charge in [-0.05, 0) is 68.1 Å². The quantitative estimate of drug-likeness (QED) is 0.696. The lowest BCUT2D eigenvalue weighted by Gasteiger charge is -2.28. The van der Waals surface area contributed by atoms with Crippen molar-refractivity contribution >= 4 is 29.7 Å². The van der Waals surface area contributed by atoms with E-state index in [1.165, 1.54) is 0 Å². The Bertz CT molecular complexity index is 779. The number of amides is 1. The second-order valence-electron chi connectivity index (χ2n) is 6.41. The van der Waals surface area contributed by atoms with Crippen molar-refractivity contribution in [1.29, 1.82) is 0 Å². The van der Waals surface area contributed by atoms with Crippen molar-refractivity contribution in [3.05, 3.63) is 34.1 Å². The van der Waals surface area contributed by atoms with Crippen molar-refractivity contribution in [2.75, 3.05) is 6.61 Å². The van der Waals surface area contributed by atoms with Gasteiger partial charge in [-0.3, -0.25) is 14.5 Å². The van der Waals surface area contributed by atoms with E-state index in [2.05, 4.69) is 15.5 Å². The number of rotatable bonds is 5. The molecule has 6 nitrogen and oxygen atoms in total. The molecule has 0 aliphatic heterocycles. The third-order valence-electron chi connectivity index (χ3n) is 4.63. The molecule has 2 aromatic rings. The smallest absolute Gasteiger partial charge is 0.240 e. The molecular formula is C17H21ClN4O2S. The van der Waals surface area contributed by atoms with Crippen molar-refractivity contribution in [3.63, 3.8) is 0 Å². The van der Waals surface area contributed by atoms with E-state index in [-0.39, 0.29) is 25.1 Å². The first-order chi connectivity index (χ1) is 12.1. The van der Waals surface area contributed by atoms with E-state index in [4.69, 9.17) is 23.8 Å². The number of halogens is 1. The Balaban J connectivity index is 1.67. The summed E-state index contributed by atoms with van der Waals surface area (Å²) >= 11 is 11.2. The molecule has 0 spiro atoms. The molecule has 3 rings (SSSR count). The van der Waals surface area contributed by atoms with Crippen LogP contribution < -0.4 is 5.32 Å². The molecule has 0 radical (unpaired) electrons. The lowest BCUT2D eigenvalue weighted by Crippen LogP contribution is -2.39. The predicted octanol–water partition coefficient (Wildman–Crippen LogP) is 2.93. The minimum absolute atomic E-state index is 0.0832. The van der Waals surface area contributed by atoms with Gasteiger partial charge in [0.2, 0.25) is 5.91 Å². The van der Waals surface area contributed by atoms with Crippen LogP contribution in [0, 0.1) is 10.7 Å². The molecule has 0 bridgehead atoms. The van der Waals surface area contributed by atoms with Crippen LogP contribution in [0.3, 0.4) is 0 Å². The highest BCUT2D eigenvalue weighted by Gasteiger charge is 2.22. The SMILES string of the molecule is O=C(Cn1c(-c2ccc(Cl)cc2)n[nH]c1=S)NC1CCC(CO)CC1. The number of benzene rings is 1. The average molecular weight is 381 g/mol. The van der Waals surface area contributed by atoms with Gasteiger partial charge in [0.15, 0.2) is 10.6 Å². The number of carbonyl (C=O) groups excluding carboxylic acids is 1. The average Bonchev–Trinajstić information content (AvgIpc) is 2.97. The maximum absolute atomic E-state index is 12.4. The lowest BCUT2D eigenvalue weighted by atomic mass is 9.86. The highest BCUT2D eigenvalue weighted by atomic mass is 35.5. The number of aromatic nitrogens is 3. The summed E-state index contributed by atoms with van der Waals surface area (Å²) in [6.45, 7) is 0.350. The molecule has 1 fully saturated rings. The van der Waals surface area contributed by atoms with Crippen LogP contribution in [-0.4, -0.2) is 38.4 Å². The predicted molar refractivity (Wildman–Crippen MR) is 98.8 cm³/mol. The van der Waals surface area contributed by atoms with E-state index < -0.39 is 0 Å². The standard InChI is InChI=1S/C17H21ClN4O2S/c18-13-5-3-12(4-6-13)16-20-21-17(25)22(16)9-15(24)19-14-7-1-11(10-23)2-8-14/h3-6,11,14,23H,1-2,7-10H2,(H,19,24)(H,21,25). The van der Waals surface area contributed by atoms with Gasteiger partial charge in [0.25, 0.3) is 0 Å². The number of aromatic amines is 1. The van der Waals surface area contributed by atoms with Crippen LogP contribution in [0.1, 0.15) is 25.7 Å². The summed E-state index contributed by atoms with van der Waals surface area (Å²) in [4.78, 5) is 12.4. The Hall–Kier alpha value is -1.70. The Morgan fingerprint density at radius 1 is 1.32 bits per heavy atom. The number of aliphatic hydroxyl groups excluding tert-OH is 1. The van der Waals surface area contributed by atoms with E-state index in [0.717, 1.165) is 31.2 Å². The first kappa shape index (κ1) is 18.1. The first-order valence-corrected chi connectivity index (χ1v) is 9.17. The zero-order chi connectivity index (χ0) is 17.8. The highest BCUT2D eigenvalue weighted by molar-refractivity contribution is 7.71. The summed E-state index contributed by atoms with van der Waals surface area (Å²) in [5, 5.41) is 19.9. The fourth-order valence-electron chi connectivity index (χ4n) is 3.19. The number of aliphatic hydroxyl groups is 1.